The summed E-state index contributed by atoms with van der Waals surface area (Å²) in [6.45, 7) is 3.77. The Morgan fingerprint density at radius 2 is 2.06 bits per heavy atom. The molecule has 0 amide bonds. The van der Waals surface area contributed by atoms with E-state index in [9.17, 15) is 4.79 Å². The summed E-state index contributed by atoms with van der Waals surface area (Å²) in [5.74, 6) is -1.21. The summed E-state index contributed by atoms with van der Waals surface area (Å²) in [6, 6.07) is 9.77. The average molecular weight is 247 g/mol. The van der Waals surface area contributed by atoms with Crippen LogP contribution in [0.1, 0.15) is 19.4 Å². The maximum atomic E-state index is 10.8. The lowest BCUT2D eigenvalue weighted by Crippen LogP contribution is -2.19. The lowest BCUT2D eigenvalue weighted by Gasteiger charge is -2.03. The molecule has 0 aliphatic rings. The first-order valence-electron chi connectivity index (χ1n) is 5.76. The number of rotatable bonds is 6. The summed E-state index contributed by atoms with van der Waals surface area (Å²) in [6.07, 6.45) is 3.68. The molecule has 0 radical (unpaired) electrons. The molecule has 0 bridgehead atoms. The highest BCUT2D eigenvalue weighted by Crippen LogP contribution is 2.01. The van der Waals surface area contributed by atoms with E-state index in [2.05, 4.69) is 5.16 Å². The number of aliphatic carboxylic acids is 1. The van der Waals surface area contributed by atoms with Crippen molar-refractivity contribution in [2.45, 2.75) is 13.8 Å². The van der Waals surface area contributed by atoms with E-state index in [0.717, 1.165) is 5.56 Å². The third-order valence-electron chi connectivity index (χ3n) is 2.21. The molecule has 0 unspecified atom stereocenters. The molecule has 1 N–H and O–H groups in total. The number of oxime groups is 1. The Kier molecular flexibility index (Phi) is 5.64. The van der Waals surface area contributed by atoms with Crippen molar-refractivity contribution in [3.8, 4) is 0 Å². The first kappa shape index (κ1) is 14.0. The van der Waals surface area contributed by atoms with Gasteiger partial charge in [0.15, 0.2) is 5.71 Å². The number of nitrogens with zero attached hydrogens (tertiary/aromatic N) is 1. The Morgan fingerprint density at radius 1 is 1.39 bits per heavy atom. The van der Waals surface area contributed by atoms with Gasteiger partial charge in [-0.15, -0.1) is 0 Å². The highest BCUT2D eigenvalue weighted by atomic mass is 16.6. The number of hydrogen-bond acceptors (Lipinski definition) is 3. The lowest BCUT2D eigenvalue weighted by atomic mass is 10.1. The van der Waals surface area contributed by atoms with Crippen molar-refractivity contribution in [1.82, 2.24) is 0 Å². The van der Waals surface area contributed by atoms with Crippen LogP contribution < -0.4 is 0 Å². The molecule has 1 rings (SSSR count). The Bertz CT molecular complexity index is 436. The fourth-order valence-electron chi connectivity index (χ4n) is 1.29. The third-order valence-corrected chi connectivity index (χ3v) is 2.21. The van der Waals surface area contributed by atoms with E-state index < -0.39 is 5.97 Å². The van der Waals surface area contributed by atoms with Crippen LogP contribution in [0.2, 0.25) is 0 Å². The molecule has 4 heteroatoms. The molecule has 4 nitrogen and oxygen atoms in total. The maximum absolute atomic E-state index is 10.8. The van der Waals surface area contributed by atoms with Gasteiger partial charge in [-0.2, -0.15) is 0 Å². The van der Waals surface area contributed by atoms with E-state index in [0.29, 0.717) is 0 Å². The van der Waals surface area contributed by atoms with Crippen LogP contribution in [0.25, 0.3) is 6.08 Å². The molecular weight excluding hydrogens is 230 g/mol. The van der Waals surface area contributed by atoms with E-state index in [1.165, 1.54) is 0 Å². The molecule has 0 spiro atoms. The monoisotopic (exact) mass is 247 g/mol. The number of hydrogen-bond donors (Lipinski definition) is 1. The van der Waals surface area contributed by atoms with Crippen LogP contribution >= 0.6 is 0 Å². The number of carboxylic acid groups (broad SMARTS) is 1. The predicted molar refractivity (Wildman–Crippen MR) is 71.3 cm³/mol. The zero-order valence-electron chi connectivity index (χ0n) is 10.5. The van der Waals surface area contributed by atoms with Crippen LogP contribution in [-0.4, -0.2) is 23.4 Å². The molecule has 0 atom stereocenters. The zero-order valence-corrected chi connectivity index (χ0v) is 10.5. The van der Waals surface area contributed by atoms with Gasteiger partial charge in [0.05, 0.1) is 0 Å². The molecule has 1 aromatic rings. The first-order valence-corrected chi connectivity index (χ1v) is 5.76. The SMILES string of the molecule is CC(C)/C(=N/OC/C=C/c1ccccc1)C(=O)O. The van der Waals surface area contributed by atoms with Crippen molar-refractivity contribution in [2.24, 2.45) is 11.1 Å². The van der Waals surface area contributed by atoms with Crippen molar-refractivity contribution < 1.29 is 14.7 Å². The van der Waals surface area contributed by atoms with Crippen molar-refractivity contribution in [3.05, 3.63) is 42.0 Å². The molecule has 0 heterocycles. The topological polar surface area (TPSA) is 58.9 Å². The fourth-order valence-corrected chi connectivity index (χ4v) is 1.29. The van der Waals surface area contributed by atoms with Gasteiger partial charge in [-0.1, -0.05) is 55.4 Å². The number of carboxylic acids is 1. The summed E-state index contributed by atoms with van der Waals surface area (Å²) in [5.41, 5.74) is 1.09. The van der Waals surface area contributed by atoms with E-state index in [4.69, 9.17) is 9.94 Å². The van der Waals surface area contributed by atoms with E-state index in [1.54, 1.807) is 19.9 Å². The lowest BCUT2D eigenvalue weighted by molar-refractivity contribution is -0.129. The second-order valence-corrected chi connectivity index (χ2v) is 4.05. The first-order chi connectivity index (χ1) is 8.61. The normalized spacial score (nSPS) is 12.1. The Hall–Kier alpha value is -2.10. The van der Waals surface area contributed by atoms with Crippen LogP contribution in [-0.2, 0) is 9.63 Å². The minimum atomic E-state index is -1.04. The average Bonchev–Trinajstić information content (AvgIpc) is 2.34. The Labute approximate surface area is 107 Å². The molecule has 0 aromatic heterocycles. The minimum Gasteiger partial charge on any atom is -0.477 e. The van der Waals surface area contributed by atoms with Crippen molar-refractivity contribution >= 4 is 17.8 Å². The molecule has 0 aliphatic carbocycles. The highest BCUT2D eigenvalue weighted by Gasteiger charge is 2.14. The van der Waals surface area contributed by atoms with Crippen molar-refractivity contribution in [3.63, 3.8) is 0 Å². The summed E-state index contributed by atoms with van der Waals surface area (Å²) in [7, 11) is 0. The molecule has 0 saturated heterocycles. The summed E-state index contributed by atoms with van der Waals surface area (Å²) in [4.78, 5) is 15.8. The predicted octanol–water partition coefficient (Wildman–Crippen LogP) is 2.81. The Morgan fingerprint density at radius 3 is 2.61 bits per heavy atom. The molecular formula is C14H17NO3. The number of carbonyl (C=O) groups is 1. The van der Waals surface area contributed by atoms with Gasteiger partial charge < -0.3 is 9.94 Å². The second kappa shape index (κ2) is 7.27. The van der Waals surface area contributed by atoms with Gasteiger partial charge in [-0.25, -0.2) is 4.79 Å². The summed E-state index contributed by atoms with van der Waals surface area (Å²) >= 11 is 0. The van der Waals surface area contributed by atoms with Crippen LogP contribution in [0, 0.1) is 5.92 Å². The molecule has 96 valence electrons. The number of benzene rings is 1. The maximum Gasteiger partial charge on any atom is 0.353 e. The second-order valence-electron chi connectivity index (χ2n) is 4.05. The van der Waals surface area contributed by atoms with Gasteiger partial charge in [0.1, 0.15) is 6.61 Å². The molecule has 0 fully saturated rings. The summed E-state index contributed by atoms with van der Waals surface area (Å²) in [5, 5.41) is 12.5. The zero-order chi connectivity index (χ0) is 13.4. The van der Waals surface area contributed by atoms with E-state index >= 15 is 0 Å². The fraction of sp³-hybridized carbons (Fsp3) is 0.286. The van der Waals surface area contributed by atoms with Gasteiger partial charge in [0, 0.05) is 5.92 Å². The van der Waals surface area contributed by atoms with E-state index in [-0.39, 0.29) is 18.2 Å². The summed E-state index contributed by atoms with van der Waals surface area (Å²) < 4.78 is 0. The standard InChI is InChI=1S/C14H17NO3/c1-11(2)13(14(16)17)15-18-10-6-9-12-7-4-3-5-8-12/h3-9,11H,10H2,1-2H3,(H,16,17)/b9-6+,15-13-. The highest BCUT2D eigenvalue weighted by molar-refractivity contribution is 6.36. The van der Waals surface area contributed by atoms with Gasteiger partial charge in [0.25, 0.3) is 0 Å². The van der Waals surface area contributed by atoms with Gasteiger partial charge in [0.2, 0.25) is 0 Å². The third kappa shape index (κ3) is 4.82. The molecule has 18 heavy (non-hydrogen) atoms. The molecule has 1 aromatic carbocycles. The smallest absolute Gasteiger partial charge is 0.353 e. The van der Waals surface area contributed by atoms with E-state index in [1.807, 2.05) is 36.4 Å². The quantitative estimate of drug-likeness (QED) is 0.477. The van der Waals surface area contributed by atoms with Crippen LogP contribution in [0.5, 0.6) is 0 Å². The van der Waals surface area contributed by atoms with Crippen LogP contribution in [0.3, 0.4) is 0 Å². The van der Waals surface area contributed by atoms with Crippen molar-refractivity contribution in [2.75, 3.05) is 6.61 Å². The minimum absolute atomic E-state index is 0.0307. The van der Waals surface area contributed by atoms with Gasteiger partial charge >= 0.3 is 5.97 Å². The molecule has 0 aliphatic heterocycles. The van der Waals surface area contributed by atoms with Crippen LogP contribution in [0.15, 0.2) is 41.6 Å². The Balaban J connectivity index is 2.45. The van der Waals surface area contributed by atoms with Gasteiger partial charge in [-0.05, 0) is 11.6 Å². The largest absolute Gasteiger partial charge is 0.477 e. The molecule has 0 saturated carbocycles. The van der Waals surface area contributed by atoms with Gasteiger partial charge in [-0.3, -0.25) is 0 Å². The van der Waals surface area contributed by atoms with Crippen LogP contribution in [0.4, 0.5) is 0 Å². The van der Waals surface area contributed by atoms with Crippen molar-refractivity contribution in [1.29, 1.82) is 0 Å².